The lowest BCUT2D eigenvalue weighted by Gasteiger charge is -2.22. The van der Waals surface area contributed by atoms with Gasteiger partial charge in [-0.1, -0.05) is 6.07 Å². The summed E-state index contributed by atoms with van der Waals surface area (Å²) in [6, 6.07) is 6.12. The van der Waals surface area contributed by atoms with E-state index >= 15 is 0 Å². The second kappa shape index (κ2) is 8.60. The molecule has 1 N–H and O–H groups in total. The number of sulfonamides is 1. The van der Waals surface area contributed by atoms with Gasteiger partial charge in [-0.15, -0.1) is 0 Å². The Morgan fingerprint density at radius 2 is 1.85 bits per heavy atom. The van der Waals surface area contributed by atoms with Crippen LogP contribution in [0.1, 0.15) is 27.6 Å². The van der Waals surface area contributed by atoms with E-state index in [4.69, 9.17) is 4.74 Å². The number of fused-ring (bicyclic) bond motifs is 1. The van der Waals surface area contributed by atoms with Gasteiger partial charge in [0.25, 0.3) is 17.5 Å². The molecule has 0 aromatic heterocycles. The normalized spacial score (nSPS) is 14.3. The molecule has 1 aliphatic heterocycles. The molecule has 0 radical (unpaired) electrons. The number of imide groups is 1. The molecular formula is C20H20N4O8S. The number of carbonyl (C=O) groups excluding carboxylic acids is 3. The monoisotopic (exact) mass is 476 g/mol. The summed E-state index contributed by atoms with van der Waals surface area (Å²) >= 11 is 0. The number of ether oxygens (including phenoxy) is 1. The third-order valence-electron chi connectivity index (χ3n) is 5.10. The molecule has 3 rings (SSSR count). The fraction of sp³-hybridized carbons (Fsp3) is 0.250. The van der Waals surface area contributed by atoms with E-state index in [0.29, 0.717) is 4.90 Å². The van der Waals surface area contributed by atoms with Crippen molar-refractivity contribution in [3.05, 3.63) is 57.6 Å². The van der Waals surface area contributed by atoms with Crippen molar-refractivity contribution < 1.29 is 32.5 Å². The SMILES string of the molecule is COc1ccc(S(=O)(=O)N(C)C)cc1NC(=O)C(C)N1C(=O)c2cccc([N+](=O)[O-])c2C1=O. The maximum Gasteiger partial charge on any atom is 0.282 e. The Kier molecular flexibility index (Phi) is 6.20. The van der Waals surface area contributed by atoms with E-state index in [1.165, 1.54) is 58.5 Å². The van der Waals surface area contributed by atoms with Crippen molar-refractivity contribution in [3.63, 3.8) is 0 Å². The molecule has 0 saturated carbocycles. The quantitative estimate of drug-likeness (QED) is 0.358. The molecule has 0 saturated heterocycles. The van der Waals surface area contributed by atoms with Crippen molar-refractivity contribution in [2.24, 2.45) is 0 Å². The Hall–Kier alpha value is -3.84. The van der Waals surface area contributed by atoms with Crippen LogP contribution in [-0.4, -0.2) is 67.5 Å². The number of nitrogens with zero attached hydrogens (tertiary/aromatic N) is 3. The zero-order valence-corrected chi connectivity index (χ0v) is 18.9. The van der Waals surface area contributed by atoms with Crippen LogP contribution in [0.4, 0.5) is 11.4 Å². The number of methoxy groups -OCH3 is 1. The standard InChI is InChI=1S/C20H20N4O8S/c1-11(23-19(26)13-6-5-7-15(24(28)29)17(13)20(23)27)18(25)21-14-10-12(8-9-16(14)32-4)33(30,31)22(2)3/h5-11H,1-4H3,(H,21,25). The predicted molar refractivity (Wildman–Crippen MR) is 116 cm³/mol. The van der Waals surface area contributed by atoms with Gasteiger partial charge >= 0.3 is 0 Å². The van der Waals surface area contributed by atoms with Crippen molar-refractivity contribution in [1.29, 1.82) is 0 Å². The van der Waals surface area contributed by atoms with Gasteiger partial charge in [0.1, 0.15) is 17.4 Å². The van der Waals surface area contributed by atoms with Gasteiger partial charge in [0.15, 0.2) is 0 Å². The summed E-state index contributed by atoms with van der Waals surface area (Å²) in [4.78, 5) is 49.5. The third kappa shape index (κ3) is 4.03. The van der Waals surface area contributed by atoms with Crippen LogP contribution in [0, 0.1) is 10.1 Å². The highest BCUT2D eigenvalue weighted by atomic mass is 32.2. The Morgan fingerprint density at radius 1 is 1.18 bits per heavy atom. The first-order valence-electron chi connectivity index (χ1n) is 9.48. The number of nitrogens with one attached hydrogen (secondary N) is 1. The van der Waals surface area contributed by atoms with Crippen molar-refractivity contribution in [1.82, 2.24) is 9.21 Å². The number of anilines is 1. The first-order chi connectivity index (χ1) is 15.4. The maximum absolute atomic E-state index is 12.9. The number of benzene rings is 2. The molecule has 1 atom stereocenters. The van der Waals surface area contributed by atoms with Crippen LogP contribution in [0.3, 0.4) is 0 Å². The zero-order chi connectivity index (χ0) is 24.7. The molecule has 0 spiro atoms. The number of rotatable bonds is 7. The van der Waals surface area contributed by atoms with E-state index in [1.807, 2.05) is 0 Å². The van der Waals surface area contributed by atoms with Crippen LogP contribution in [0.5, 0.6) is 5.75 Å². The molecule has 0 fully saturated rings. The van der Waals surface area contributed by atoms with Gasteiger partial charge in [-0.05, 0) is 31.2 Å². The number of nitro benzene ring substituents is 1. The lowest BCUT2D eigenvalue weighted by molar-refractivity contribution is -0.385. The molecule has 13 heteroatoms. The van der Waals surface area contributed by atoms with Gasteiger partial charge in [-0.25, -0.2) is 12.7 Å². The number of nitro groups is 1. The van der Waals surface area contributed by atoms with Gasteiger partial charge in [-0.2, -0.15) is 0 Å². The molecule has 12 nitrogen and oxygen atoms in total. The molecule has 1 unspecified atom stereocenters. The minimum atomic E-state index is -3.82. The molecule has 2 aromatic rings. The van der Waals surface area contributed by atoms with Gasteiger partial charge < -0.3 is 10.1 Å². The van der Waals surface area contributed by atoms with Crippen LogP contribution >= 0.6 is 0 Å². The summed E-state index contributed by atoms with van der Waals surface area (Å²) in [6.07, 6.45) is 0. The first-order valence-corrected chi connectivity index (χ1v) is 10.9. The second-order valence-electron chi connectivity index (χ2n) is 7.25. The third-order valence-corrected chi connectivity index (χ3v) is 6.91. The van der Waals surface area contributed by atoms with Crippen LogP contribution in [0.2, 0.25) is 0 Å². The fourth-order valence-electron chi connectivity index (χ4n) is 3.30. The van der Waals surface area contributed by atoms with Crippen molar-refractivity contribution in [3.8, 4) is 5.75 Å². The van der Waals surface area contributed by atoms with Gasteiger partial charge in [-0.3, -0.25) is 29.4 Å². The summed E-state index contributed by atoms with van der Waals surface area (Å²) in [7, 11) is 0.196. The van der Waals surface area contributed by atoms with Crippen molar-refractivity contribution >= 4 is 39.1 Å². The number of hydrogen-bond donors (Lipinski definition) is 1. The maximum atomic E-state index is 12.9. The average Bonchev–Trinajstić information content (AvgIpc) is 3.03. The van der Waals surface area contributed by atoms with E-state index in [9.17, 15) is 32.9 Å². The van der Waals surface area contributed by atoms with E-state index in [1.54, 1.807) is 0 Å². The summed E-state index contributed by atoms with van der Waals surface area (Å²) < 4.78 is 31.0. The highest BCUT2D eigenvalue weighted by Crippen LogP contribution is 2.33. The highest BCUT2D eigenvalue weighted by Gasteiger charge is 2.45. The highest BCUT2D eigenvalue weighted by molar-refractivity contribution is 7.89. The summed E-state index contributed by atoms with van der Waals surface area (Å²) in [6.45, 7) is 1.27. The summed E-state index contributed by atoms with van der Waals surface area (Å²) in [5.41, 5.74) is -1.10. The molecule has 3 amide bonds. The van der Waals surface area contributed by atoms with Gasteiger partial charge in [0, 0.05) is 20.2 Å². The number of carbonyl (C=O) groups is 3. The van der Waals surface area contributed by atoms with Gasteiger partial charge in [0.05, 0.1) is 28.2 Å². The molecule has 0 aliphatic carbocycles. The van der Waals surface area contributed by atoms with E-state index in [0.717, 1.165) is 10.4 Å². The Morgan fingerprint density at radius 3 is 2.42 bits per heavy atom. The largest absolute Gasteiger partial charge is 0.495 e. The summed E-state index contributed by atoms with van der Waals surface area (Å²) in [5, 5.41) is 13.7. The van der Waals surface area contributed by atoms with Crippen LogP contribution in [-0.2, 0) is 14.8 Å². The van der Waals surface area contributed by atoms with E-state index < -0.39 is 44.4 Å². The van der Waals surface area contributed by atoms with E-state index in [-0.39, 0.29) is 27.5 Å². The Labute approximate surface area is 188 Å². The van der Waals surface area contributed by atoms with Gasteiger partial charge in [0.2, 0.25) is 15.9 Å². The smallest absolute Gasteiger partial charge is 0.282 e. The molecule has 33 heavy (non-hydrogen) atoms. The molecule has 174 valence electrons. The Bertz CT molecular complexity index is 1290. The molecule has 2 aromatic carbocycles. The fourth-order valence-corrected chi connectivity index (χ4v) is 4.23. The minimum absolute atomic E-state index is 0.000125. The average molecular weight is 476 g/mol. The van der Waals surface area contributed by atoms with Crippen molar-refractivity contribution in [2.45, 2.75) is 17.9 Å². The number of amides is 3. The second-order valence-corrected chi connectivity index (χ2v) is 9.40. The minimum Gasteiger partial charge on any atom is -0.495 e. The van der Waals surface area contributed by atoms with Crippen LogP contribution in [0.15, 0.2) is 41.3 Å². The molecule has 1 aliphatic rings. The Balaban J connectivity index is 1.93. The van der Waals surface area contributed by atoms with E-state index in [2.05, 4.69) is 5.32 Å². The number of hydrogen-bond acceptors (Lipinski definition) is 8. The molecule has 0 bridgehead atoms. The summed E-state index contributed by atoms with van der Waals surface area (Å²) in [5.74, 6) is -2.51. The van der Waals surface area contributed by atoms with Crippen molar-refractivity contribution in [2.75, 3.05) is 26.5 Å². The lowest BCUT2D eigenvalue weighted by atomic mass is 10.1. The van der Waals surface area contributed by atoms with Crippen LogP contribution < -0.4 is 10.1 Å². The zero-order valence-electron chi connectivity index (χ0n) is 18.1. The molecular weight excluding hydrogens is 456 g/mol. The lowest BCUT2D eigenvalue weighted by Crippen LogP contribution is -2.45. The first kappa shape index (κ1) is 23.8. The van der Waals surface area contributed by atoms with Crippen LogP contribution in [0.25, 0.3) is 0 Å². The molecule has 1 heterocycles. The predicted octanol–water partition coefficient (Wildman–Crippen LogP) is 1.48. The topological polar surface area (TPSA) is 156 Å².